The second-order valence-electron chi connectivity index (χ2n) is 8.31. The Bertz CT molecular complexity index is 1100. The summed E-state index contributed by atoms with van der Waals surface area (Å²) in [5.41, 5.74) is 7.66. The van der Waals surface area contributed by atoms with Crippen molar-refractivity contribution in [3.8, 4) is 0 Å². The van der Waals surface area contributed by atoms with Gasteiger partial charge < -0.3 is 15.7 Å². The molecule has 0 unspecified atom stereocenters. The number of carboxylic acids is 1. The number of aliphatic carboxylic acids is 1. The Morgan fingerprint density at radius 2 is 1.46 bits per heavy atom. The molecule has 0 aromatic heterocycles. The number of nitrogens with zero attached hydrogens (tertiary/aromatic N) is 2. The van der Waals surface area contributed by atoms with Gasteiger partial charge in [0.15, 0.2) is 0 Å². The van der Waals surface area contributed by atoms with E-state index in [1.165, 1.54) is 10.7 Å². The molecule has 1 aliphatic heterocycles. The van der Waals surface area contributed by atoms with Gasteiger partial charge in [-0.1, -0.05) is 44.0 Å². The van der Waals surface area contributed by atoms with Crippen LogP contribution in [0.3, 0.4) is 0 Å². The van der Waals surface area contributed by atoms with Crippen LogP contribution in [-0.2, 0) is 21.2 Å². The third-order valence-electron chi connectivity index (χ3n) is 5.60. The topological polar surface area (TPSA) is 145 Å². The predicted molar refractivity (Wildman–Crippen MR) is 135 cm³/mol. The van der Waals surface area contributed by atoms with Crippen molar-refractivity contribution in [1.82, 2.24) is 9.21 Å². The molecular weight excluding hydrogens is 468 g/mol. The second kappa shape index (κ2) is 13.0. The lowest BCUT2D eigenvalue weighted by Gasteiger charge is -2.34. The van der Waals surface area contributed by atoms with Gasteiger partial charge in [-0.15, -0.1) is 0 Å². The maximum Gasteiger partial charge on any atom is 0.300 e. The smallest absolute Gasteiger partial charge is 0.300 e. The Morgan fingerprint density at radius 1 is 0.943 bits per heavy atom. The number of nitrogens with one attached hydrogen (secondary N) is 1. The van der Waals surface area contributed by atoms with Crippen LogP contribution < -0.4 is 5.73 Å². The molecule has 0 bridgehead atoms. The molecule has 10 heteroatoms. The van der Waals surface area contributed by atoms with E-state index < -0.39 is 16.0 Å². The number of hydrogen-bond donors (Lipinski definition) is 3. The van der Waals surface area contributed by atoms with E-state index in [0.717, 1.165) is 31.7 Å². The summed E-state index contributed by atoms with van der Waals surface area (Å²) in [5.74, 6) is -1.03. The maximum atomic E-state index is 13.0. The first-order valence-corrected chi connectivity index (χ1v) is 13.0. The molecule has 4 N–H and O–H groups in total. The molecule has 0 atom stereocenters. The number of piperazine rings is 1. The minimum absolute atomic E-state index is 0.0492. The lowest BCUT2D eigenvalue weighted by molar-refractivity contribution is -0.134. The molecule has 3 rings (SSSR count). The Labute approximate surface area is 207 Å². The number of amidine groups is 1. The Morgan fingerprint density at radius 3 is 1.94 bits per heavy atom. The molecule has 9 nitrogen and oxygen atoms in total. The minimum atomic E-state index is -3.57. The van der Waals surface area contributed by atoms with E-state index in [9.17, 15) is 13.2 Å². The van der Waals surface area contributed by atoms with Gasteiger partial charge in [0.2, 0.25) is 10.0 Å². The highest BCUT2D eigenvalue weighted by Gasteiger charge is 2.30. The summed E-state index contributed by atoms with van der Waals surface area (Å²) in [6.45, 7) is 4.44. The van der Waals surface area contributed by atoms with Gasteiger partial charge in [-0.05, 0) is 42.7 Å². The van der Waals surface area contributed by atoms with Crippen molar-refractivity contribution >= 4 is 27.7 Å². The fraction of sp³-hybridized carbons (Fsp3) is 0.400. The number of amides is 1. The van der Waals surface area contributed by atoms with Gasteiger partial charge in [0.1, 0.15) is 5.84 Å². The van der Waals surface area contributed by atoms with Gasteiger partial charge in [-0.25, -0.2) is 8.42 Å². The molecular formula is C25H34N4O5S. The average molecular weight is 503 g/mol. The van der Waals surface area contributed by atoms with Crippen molar-refractivity contribution < 1.29 is 23.1 Å². The third-order valence-corrected chi connectivity index (χ3v) is 7.51. The first-order valence-electron chi connectivity index (χ1n) is 11.6. The summed E-state index contributed by atoms with van der Waals surface area (Å²) in [5, 5.41) is 14.8. The second-order valence-corrected chi connectivity index (χ2v) is 10.2. The summed E-state index contributed by atoms with van der Waals surface area (Å²) >= 11 is 0. The molecule has 35 heavy (non-hydrogen) atoms. The highest BCUT2D eigenvalue weighted by molar-refractivity contribution is 7.89. The van der Waals surface area contributed by atoms with E-state index in [1.54, 1.807) is 41.3 Å². The van der Waals surface area contributed by atoms with Gasteiger partial charge >= 0.3 is 0 Å². The molecule has 0 radical (unpaired) electrons. The van der Waals surface area contributed by atoms with Gasteiger partial charge in [-0.3, -0.25) is 15.0 Å². The van der Waals surface area contributed by atoms with Crippen molar-refractivity contribution in [3.05, 3.63) is 65.2 Å². The molecule has 1 saturated heterocycles. The number of carboxylic acid groups (broad SMARTS) is 1. The molecule has 1 heterocycles. The van der Waals surface area contributed by atoms with Crippen LogP contribution in [0, 0.1) is 5.41 Å². The van der Waals surface area contributed by atoms with Gasteiger partial charge in [0, 0.05) is 44.2 Å². The van der Waals surface area contributed by atoms with Crippen LogP contribution in [0.2, 0.25) is 0 Å². The normalized spacial score (nSPS) is 14.1. The zero-order valence-electron chi connectivity index (χ0n) is 20.2. The van der Waals surface area contributed by atoms with Crippen LogP contribution in [0.1, 0.15) is 54.6 Å². The van der Waals surface area contributed by atoms with Crippen LogP contribution in [0.5, 0.6) is 0 Å². The number of rotatable bonds is 8. The lowest BCUT2D eigenvalue weighted by atomic mass is 10.1. The maximum absolute atomic E-state index is 13.0. The monoisotopic (exact) mass is 502 g/mol. The fourth-order valence-electron chi connectivity index (χ4n) is 3.66. The van der Waals surface area contributed by atoms with Crippen LogP contribution in [-0.4, -0.2) is 66.6 Å². The molecule has 1 fully saturated rings. The first-order chi connectivity index (χ1) is 16.6. The molecule has 0 spiro atoms. The van der Waals surface area contributed by atoms with Crippen molar-refractivity contribution in [2.24, 2.45) is 5.73 Å². The summed E-state index contributed by atoms with van der Waals surface area (Å²) in [6.07, 6.45) is 4.40. The van der Waals surface area contributed by atoms with Crippen molar-refractivity contribution in [2.45, 2.75) is 44.4 Å². The molecule has 2 aromatic carbocycles. The third kappa shape index (κ3) is 8.18. The van der Waals surface area contributed by atoms with E-state index in [-0.39, 0.29) is 24.8 Å². The number of sulfonamides is 1. The molecule has 2 aromatic rings. The Balaban J connectivity index is 0.00000100. The number of nitrogen functional groups attached to an aromatic ring is 1. The van der Waals surface area contributed by atoms with Crippen LogP contribution in [0.25, 0.3) is 0 Å². The number of hydrogen-bond acceptors (Lipinski definition) is 5. The van der Waals surface area contributed by atoms with Crippen LogP contribution in [0.15, 0.2) is 53.4 Å². The first kappa shape index (κ1) is 28.0. The number of benzene rings is 2. The quantitative estimate of drug-likeness (QED) is 0.287. The summed E-state index contributed by atoms with van der Waals surface area (Å²) in [4.78, 5) is 23.7. The largest absolute Gasteiger partial charge is 0.481 e. The van der Waals surface area contributed by atoms with Crippen LogP contribution in [0.4, 0.5) is 0 Å². The van der Waals surface area contributed by atoms with E-state index in [0.29, 0.717) is 29.1 Å². The highest BCUT2D eigenvalue weighted by atomic mass is 32.2. The summed E-state index contributed by atoms with van der Waals surface area (Å²) in [6, 6.07) is 13.7. The SMILES string of the molecule is CC(=O)O.CCCCCc1ccc(S(=O)(=O)N2CCN(C(=O)c3ccc(C(=N)N)cc3)CC2)cc1. The zero-order chi connectivity index (χ0) is 26.0. The number of carbonyl (C=O) groups excluding carboxylic acids is 1. The molecule has 190 valence electrons. The number of unbranched alkanes of at least 4 members (excludes halogenated alkanes) is 2. The van der Waals surface area contributed by atoms with E-state index in [1.807, 2.05) is 12.1 Å². The average Bonchev–Trinajstić information content (AvgIpc) is 2.84. The number of aryl methyl sites for hydroxylation is 1. The summed E-state index contributed by atoms with van der Waals surface area (Å²) < 4.78 is 27.4. The standard InChI is InChI=1S/C23H30N4O3S.C2H4O2/c1-2-3-4-5-18-6-12-21(13-7-18)31(29,30)27-16-14-26(15-17-27)23(28)20-10-8-19(9-11-20)22(24)25;1-2(3)4/h6-13H,2-5,14-17H2,1H3,(H3,24,25);1H3,(H,3,4). The van der Waals surface area contributed by atoms with Crippen molar-refractivity contribution in [1.29, 1.82) is 5.41 Å². The van der Waals surface area contributed by atoms with E-state index >= 15 is 0 Å². The Kier molecular flexibility index (Phi) is 10.4. The highest BCUT2D eigenvalue weighted by Crippen LogP contribution is 2.20. The van der Waals surface area contributed by atoms with E-state index in [2.05, 4.69) is 6.92 Å². The number of carbonyl (C=O) groups is 2. The molecule has 0 aliphatic carbocycles. The van der Waals surface area contributed by atoms with Gasteiger partial charge in [0.05, 0.1) is 4.90 Å². The van der Waals surface area contributed by atoms with E-state index in [4.69, 9.17) is 21.0 Å². The molecule has 1 aliphatic rings. The van der Waals surface area contributed by atoms with Gasteiger partial charge in [-0.2, -0.15) is 4.31 Å². The predicted octanol–water partition coefficient (Wildman–Crippen LogP) is 2.94. The lowest BCUT2D eigenvalue weighted by Crippen LogP contribution is -2.50. The van der Waals surface area contributed by atoms with Crippen LogP contribution >= 0.6 is 0 Å². The minimum Gasteiger partial charge on any atom is -0.481 e. The molecule has 0 saturated carbocycles. The number of nitrogens with two attached hydrogens (primary N) is 1. The molecule has 1 amide bonds. The fourth-order valence-corrected chi connectivity index (χ4v) is 5.08. The Hall–Kier alpha value is -3.24. The van der Waals surface area contributed by atoms with Gasteiger partial charge in [0.25, 0.3) is 11.9 Å². The summed E-state index contributed by atoms with van der Waals surface area (Å²) in [7, 11) is -3.57. The zero-order valence-corrected chi connectivity index (χ0v) is 21.1. The van der Waals surface area contributed by atoms with Crippen molar-refractivity contribution in [2.75, 3.05) is 26.2 Å². The van der Waals surface area contributed by atoms with Crippen molar-refractivity contribution in [3.63, 3.8) is 0 Å².